The maximum absolute atomic E-state index is 17.2. The minimum absolute atomic E-state index is 0.0176. The predicted molar refractivity (Wildman–Crippen MR) is 181 cm³/mol. The van der Waals surface area contributed by atoms with E-state index < -0.39 is 47.2 Å². The van der Waals surface area contributed by atoms with Gasteiger partial charge in [0.15, 0.2) is 11.4 Å². The minimum atomic E-state index is -3.93. The quantitative estimate of drug-likeness (QED) is 0.188. The zero-order chi connectivity index (χ0) is 36.3. The summed E-state index contributed by atoms with van der Waals surface area (Å²) >= 11 is 6.36. The molecule has 3 aromatic heterocycles. The number of rotatable bonds is 1. The van der Waals surface area contributed by atoms with Crippen molar-refractivity contribution in [1.29, 1.82) is 0 Å². The van der Waals surface area contributed by atoms with Gasteiger partial charge >= 0.3 is 12.1 Å². The van der Waals surface area contributed by atoms with Gasteiger partial charge in [0.2, 0.25) is 17.6 Å². The number of hydrogen-bond donors (Lipinski definition) is 0. The van der Waals surface area contributed by atoms with Crippen molar-refractivity contribution in [2.75, 3.05) is 31.1 Å². The SMILES string of the molecule is C[C@H]1CN2CC[C@]1(F)c1cc(Cl)cnc1O[C@H]1C[C@@H](C(=O)OC(C)(C)C)N(C1)c1nc(nc3c1oc1ccccc13)C(F)(F)OCCCCC2=O. The van der Waals surface area contributed by atoms with E-state index in [1.807, 2.05) is 0 Å². The molecule has 4 atom stereocenters. The van der Waals surface area contributed by atoms with Crippen molar-refractivity contribution in [2.24, 2.45) is 5.92 Å². The summed E-state index contributed by atoms with van der Waals surface area (Å²) in [6, 6.07) is 7.24. The molecule has 4 aliphatic heterocycles. The van der Waals surface area contributed by atoms with Crippen molar-refractivity contribution in [1.82, 2.24) is 19.9 Å². The van der Waals surface area contributed by atoms with Crippen molar-refractivity contribution in [3.8, 4) is 5.88 Å². The van der Waals surface area contributed by atoms with Crippen LogP contribution in [0.5, 0.6) is 5.88 Å². The Morgan fingerprint density at radius 1 is 1.12 bits per heavy atom. The summed E-state index contributed by atoms with van der Waals surface area (Å²) in [6.07, 6.45) is -2.88. The molecule has 0 unspecified atom stereocenters. The van der Waals surface area contributed by atoms with E-state index in [9.17, 15) is 9.59 Å². The largest absolute Gasteiger partial charge is 0.472 e. The average Bonchev–Trinajstić information content (AvgIpc) is 3.67. The van der Waals surface area contributed by atoms with E-state index in [1.165, 1.54) is 17.2 Å². The van der Waals surface area contributed by atoms with Gasteiger partial charge in [-0.25, -0.2) is 24.1 Å². The molecule has 15 heteroatoms. The molecule has 51 heavy (non-hydrogen) atoms. The number of halogens is 4. The number of carbonyl (C=O) groups excluding carboxylic acids is 2. The molecule has 11 nitrogen and oxygen atoms in total. The lowest BCUT2D eigenvalue weighted by atomic mass is 9.78. The Balaban J connectivity index is 1.37. The maximum Gasteiger partial charge on any atom is 0.417 e. The zero-order valence-electron chi connectivity index (χ0n) is 28.8. The number of anilines is 1. The number of pyridine rings is 1. The van der Waals surface area contributed by atoms with Crippen LogP contribution in [-0.2, 0) is 30.8 Å². The van der Waals surface area contributed by atoms with Gasteiger partial charge in [-0.1, -0.05) is 30.7 Å². The fraction of sp³-hybridized carbons (Fsp3) is 0.528. The van der Waals surface area contributed by atoms with E-state index in [0.717, 1.165) is 0 Å². The predicted octanol–water partition coefficient (Wildman–Crippen LogP) is 7.08. The molecule has 0 saturated carbocycles. The lowest BCUT2D eigenvalue weighted by Gasteiger charge is -2.42. The first kappa shape index (κ1) is 35.2. The molecule has 0 aliphatic carbocycles. The molecule has 7 heterocycles. The molecule has 0 radical (unpaired) electrons. The number of fused-ring (bicyclic) bond motifs is 11. The van der Waals surface area contributed by atoms with Crippen LogP contribution in [0.4, 0.5) is 19.0 Å². The Morgan fingerprint density at radius 3 is 2.67 bits per heavy atom. The summed E-state index contributed by atoms with van der Waals surface area (Å²) in [5.41, 5.74) is -2.11. The van der Waals surface area contributed by atoms with Gasteiger partial charge in [-0.2, -0.15) is 8.78 Å². The van der Waals surface area contributed by atoms with Crippen LogP contribution in [0.15, 0.2) is 40.9 Å². The number of aromatic nitrogens is 3. The van der Waals surface area contributed by atoms with Gasteiger partial charge in [0.25, 0.3) is 0 Å². The summed E-state index contributed by atoms with van der Waals surface area (Å²) in [5.74, 6) is -2.52. The highest BCUT2D eigenvalue weighted by Crippen LogP contribution is 2.46. The topological polar surface area (TPSA) is 120 Å². The van der Waals surface area contributed by atoms with E-state index in [0.29, 0.717) is 11.0 Å². The second-order valence-corrected chi connectivity index (χ2v) is 14.9. The summed E-state index contributed by atoms with van der Waals surface area (Å²) in [7, 11) is 0. The lowest BCUT2D eigenvalue weighted by Crippen LogP contribution is -2.49. The van der Waals surface area contributed by atoms with Crippen molar-refractivity contribution < 1.29 is 41.4 Å². The molecule has 1 amide bonds. The highest BCUT2D eigenvalue weighted by molar-refractivity contribution is 6.30. The van der Waals surface area contributed by atoms with Crippen LogP contribution in [0.25, 0.3) is 22.1 Å². The van der Waals surface area contributed by atoms with Gasteiger partial charge in [-0.3, -0.25) is 4.79 Å². The molecule has 2 fully saturated rings. The second-order valence-electron chi connectivity index (χ2n) is 14.5. The van der Waals surface area contributed by atoms with Crippen LogP contribution in [-0.4, -0.2) is 75.7 Å². The van der Waals surface area contributed by atoms with Gasteiger partial charge in [0, 0.05) is 49.9 Å². The first-order chi connectivity index (χ1) is 24.1. The summed E-state index contributed by atoms with van der Waals surface area (Å²) in [5, 5.41) is 0.669. The lowest BCUT2D eigenvalue weighted by molar-refractivity contribution is -0.254. The highest BCUT2D eigenvalue weighted by Gasteiger charge is 2.48. The third-order valence-corrected chi connectivity index (χ3v) is 9.87. The van der Waals surface area contributed by atoms with Crippen LogP contribution >= 0.6 is 11.6 Å². The van der Waals surface area contributed by atoms with Gasteiger partial charge in [0.1, 0.15) is 34.5 Å². The third-order valence-electron chi connectivity index (χ3n) is 9.66. The standard InChI is InChI=1S/C36H39ClF3N5O6/c1-20-18-44-13-12-35(20,38)24-15-21(37)17-41-31(24)49-22-16-25(32(47)51-34(2,3)4)45(19-22)30-29-28(23-9-5-6-10-26(23)50-29)42-33(43-30)36(39,40)48-14-8-7-11-27(44)46/h5-6,9-10,15,17,20,22,25H,7-8,11-14,16,18-19H2,1-4H3/t20-,22-,25-,35+/m0/s1. The molecule has 4 aliphatic rings. The number of nitrogens with zero attached hydrogens (tertiary/aromatic N) is 5. The number of esters is 1. The van der Waals surface area contributed by atoms with E-state index in [1.54, 1.807) is 56.9 Å². The average molecular weight is 730 g/mol. The highest BCUT2D eigenvalue weighted by atomic mass is 35.5. The fourth-order valence-corrected chi connectivity index (χ4v) is 7.28. The molecule has 0 spiro atoms. The normalized spacial score (nSPS) is 25.9. The number of benzene rings is 1. The number of piperidine rings is 1. The van der Waals surface area contributed by atoms with Crippen molar-refractivity contribution in [3.63, 3.8) is 0 Å². The Hall–Kier alpha value is -4.17. The van der Waals surface area contributed by atoms with Crippen LogP contribution < -0.4 is 9.64 Å². The van der Waals surface area contributed by atoms with Crippen molar-refractivity contribution in [3.05, 3.63) is 52.9 Å². The molecular weight excluding hydrogens is 691 g/mol. The molecule has 4 aromatic rings. The number of para-hydroxylation sites is 1. The number of alkyl halides is 3. The summed E-state index contributed by atoms with van der Waals surface area (Å²) in [6.45, 7) is 6.71. The maximum atomic E-state index is 17.2. The number of ether oxygens (including phenoxy) is 3. The van der Waals surface area contributed by atoms with E-state index in [-0.39, 0.29) is 97.6 Å². The Bertz CT molecular complexity index is 1990. The molecule has 1 aromatic carbocycles. The summed E-state index contributed by atoms with van der Waals surface area (Å²) in [4.78, 5) is 42.9. The number of carbonyl (C=O) groups is 2. The monoisotopic (exact) mass is 729 g/mol. The smallest absolute Gasteiger partial charge is 0.417 e. The Labute approximate surface area is 297 Å². The van der Waals surface area contributed by atoms with Gasteiger partial charge in [-0.15, -0.1) is 0 Å². The molecule has 272 valence electrons. The Morgan fingerprint density at radius 2 is 1.90 bits per heavy atom. The van der Waals surface area contributed by atoms with Crippen molar-refractivity contribution in [2.45, 2.75) is 89.3 Å². The van der Waals surface area contributed by atoms with Crippen LogP contribution in [0.2, 0.25) is 5.02 Å². The first-order valence-corrected chi connectivity index (χ1v) is 17.5. The number of furan rings is 1. The van der Waals surface area contributed by atoms with Crippen LogP contribution in [0.1, 0.15) is 71.2 Å². The number of hydrogen-bond acceptors (Lipinski definition) is 10. The van der Waals surface area contributed by atoms with Crippen molar-refractivity contribution >= 4 is 51.4 Å². The Kier molecular flexibility index (Phi) is 9.06. The van der Waals surface area contributed by atoms with E-state index in [4.69, 9.17) is 30.2 Å². The molecule has 2 saturated heterocycles. The van der Waals surface area contributed by atoms with Gasteiger partial charge < -0.3 is 28.4 Å². The zero-order valence-corrected chi connectivity index (χ0v) is 29.5. The van der Waals surface area contributed by atoms with Gasteiger partial charge in [-0.05, 0) is 51.8 Å². The second kappa shape index (κ2) is 13.1. The van der Waals surface area contributed by atoms with E-state index in [2.05, 4.69) is 15.0 Å². The molecule has 0 N–H and O–H groups in total. The summed E-state index contributed by atoms with van der Waals surface area (Å²) < 4.78 is 72.3. The molecule has 6 bridgehead atoms. The van der Waals surface area contributed by atoms with Crippen LogP contribution in [0.3, 0.4) is 0 Å². The first-order valence-electron chi connectivity index (χ1n) is 17.1. The molecule has 8 rings (SSSR count). The third kappa shape index (κ3) is 6.79. The number of amides is 1. The minimum Gasteiger partial charge on any atom is -0.472 e. The van der Waals surface area contributed by atoms with Crippen LogP contribution in [0, 0.1) is 5.92 Å². The van der Waals surface area contributed by atoms with E-state index >= 15 is 13.2 Å². The molecular formula is C36H39ClF3N5O6. The van der Waals surface area contributed by atoms with Gasteiger partial charge in [0.05, 0.1) is 23.7 Å². The fourth-order valence-electron chi connectivity index (χ4n) is 7.13.